The van der Waals surface area contributed by atoms with Gasteiger partial charge >= 0.3 is 18.3 Å². The summed E-state index contributed by atoms with van der Waals surface area (Å²) in [6, 6.07) is 12.9. The van der Waals surface area contributed by atoms with Crippen LogP contribution in [0.5, 0.6) is 0 Å². The maximum Gasteiger partial charge on any atom is 0.430 e. The van der Waals surface area contributed by atoms with Crippen molar-refractivity contribution in [3.8, 4) is 11.1 Å². The van der Waals surface area contributed by atoms with Crippen LogP contribution >= 0.6 is 0 Å². The van der Waals surface area contributed by atoms with Crippen LogP contribution in [0.15, 0.2) is 67.0 Å². The number of aryl methyl sites for hydroxylation is 1. The van der Waals surface area contributed by atoms with E-state index in [4.69, 9.17) is 4.74 Å². The van der Waals surface area contributed by atoms with Gasteiger partial charge in [0.05, 0.1) is 12.5 Å². The number of alkyl halides is 6. The van der Waals surface area contributed by atoms with Gasteiger partial charge in [-0.1, -0.05) is 42.5 Å². The highest BCUT2D eigenvalue weighted by Crippen LogP contribution is 2.50. The van der Waals surface area contributed by atoms with Gasteiger partial charge in [-0.2, -0.15) is 26.3 Å². The molecule has 1 aliphatic rings. The van der Waals surface area contributed by atoms with E-state index in [1.807, 2.05) is 24.3 Å². The fourth-order valence-corrected chi connectivity index (χ4v) is 5.51. The second-order valence-corrected chi connectivity index (χ2v) is 11.4. The molecule has 4 rings (SSSR count). The lowest BCUT2D eigenvalue weighted by Crippen LogP contribution is -2.53. The molecule has 0 unspecified atom stereocenters. The van der Waals surface area contributed by atoms with Crippen LogP contribution in [0.2, 0.25) is 0 Å². The van der Waals surface area contributed by atoms with E-state index in [2.05, 4.69) is 14.8 Å². The minimum atomic E-state index is -5.95. The van der Waals surface area contributed by atoms with Gasteiger partial charge < -0.3 is 9.84 Å². The molecule has 1 saturated heterocycles. The van der Waals surface area contributed by atoms with E-state index in [1.54, 1.807) is 39.2 Å². The van der Waals surface area contributed by atoms with E-state index in [0.717, 1.165) is 41.9 Å². The first-order chi connectivity index (χ1) is 20.6. The van der Waals surface area contributed by atoms with Crippen molar-refractivity contribution in [2.75, 3.05) is 19.6 Å². The molecule has 0 amide bonds. The largest absolute Gasteiger partial charge is 0.463 e. The van der Waals surface area contributed by atoms with Crippen molar-refractivity contribution in [3.05, 3.63) is 89.2 Å². The maximum absolute atomic E-state index is 13.3. The number of esters is 1. The Morgan fingerprint density at radius 1 is 0.932 bits per heavy atom. The topological polar surface area (TPSA) is 65.9 Å². The third-order valence-corrected chi connectivity index (χ3v) is 7.72. The van der Waals surface area contributed by atoms with Gasteiger partial charge in [0, 0.05) is 56.7 Å². The van der Waals surface area contributed by atoms with Crippen LogP contribution < -0.4 is 0 Å². The summed E-state index contributed by atoms with van der Waals surface area (Å²) in [4.78, 5) is 21.2. The van der Waals surface area contributed by atoms with E-state index in [1.165, 1.54) is 0 Å². The lowest BCUT2D eigenvalue weighted by molar-refractivity contribution is -0.376. The summed E-state index contributed by atoms with van der Waals surface area (Å²) in [7, 11) is 0. The molecule has 2 heterocycles. The minimum Gasteiger partial charge on any atom is -0.463 e. The Labute approximate surface area is 252 Å². The molecule has 1 atom stereocenters. The SMILES string of the molecule is Cc1cc(CN2CCN(Cc3ccncc3)C[C@H]2CC(=O)OC(C)C)ccc1-c1ccc(C(O)(C(F)(F)F)C(F)(F)F)cc1. The Morgan fingerprint density at radius 3 is 2.14 bits per heavy atom. The minimum absolute atomic E-state index is 0.106. The van der Waals surface area contributed by atoms with Crippen molar-refractivity contribution < 1.29 is 41.0 Å². The molecule has 0 spiro atoms. The van der Waals surface area contributed by atoms with Crippen LogP contribution in [-0.4, -0.2) is 70.0 Å². The van der Waals surface area contributed by atoms with Crippen LogP contribution in [0.1, 0.15) is 42.5 Å². The highest BCUT2D eigenvalue weighted by atomic mass is 19.4. The van der Waals surface area contributed by atoms with Gasteiger partial charge in [-0.3, -0.25) is 19.6 Å². The summed E-state index contributed by atoms with van der Waals surface area (Å²) < 4.78 is 85.1. The molecule has 0 saturated carbocycles. The first-order valence-corrected chi connectivity index (χ1v) is 14.2. The van der Waals surface area contributed by atoms with Crippen LogP contribution in [-0.2, 0) is 28.2 Å². The van der Waals surface area contributed by atoms with Gasteiger partial charge in [0.1, 0.15) is 0 Å². The number of piperazine rings is 1. The molecule has 6 nitrogen and oxygen atoms in total. The molecule has 12 heteroatoms. The molecule has 0 bridgehead atoms. The molecule has 1 aromatic heterocycles. The summed E-state index contributed by atoms with van der Waals surface area (Å²) >= 11 is 0. The van der Waals surface area contributed by atoms with Gasteiger partial charge in [-0.05, 0) is 60.7 Å². The van der Waals surface area contributed by atoms with Crippen molar-refractivity contribution >= 4 is 5.97 Å². The Bertz CT molecular complexity index is 1400. The Balaban J connectivity index is 1.51. The van der Waals surface area contributed by atoms with E-state index in [-0.39, 0.29) is 24.5 Å². The molecule has 1 N–H and O–H groups in total. The number of aliphatic hydroxyl groups is 1. The summed E-state index contributed by atoms with van der Waals surface area (Å²) in [5.74, 6) is -0.279. The van der Waals surface area contributed by atoms with Crippen molar-refractivity contribution in [2.45, 2.75) is 70.4 Å². The van der Waals surface area contributed by atoms with E-state index < -0.39 is 23.5 Å². The first-order valence-electron chi connectivity index (χ1n) is 14.2. The number of hydrogen-bond acceptors (Lipinski definition) is 6. The highest BCUT2D eigenvalue weighted by Gasteiger charge is 2.71. The van der Waals surface area contributed by atoms with E-state index in [9.17, 15) is 36.2 Å². The van der Waals surface area contributed by atoms with Crippen LogP contribution in [0.3, 0.4) is 0 Å². The number of pyridine rings is 1. The average Bonchev–Trinajstić information content (AvgIpc) is 2.93. The molecule has 44 heavy (non-hydrogen) atoms. The number of nitrogens with zero attached hydrogens (tertiary/aromatic N) is 3. The predicted molar refractivity (Wildman–Crippen MR) is 152 cm³/mol. The number of ether oxygens (including phenoxy) is 1. The normalized spacial score (nSPS) is 17.2. The zero-order chi connectivity index (χ0) is 32.3. The molecule has 238 valence electrons. The predicted octanol–water partition coefficient (Wildman–Crippen LogP) is 6.40. The smallest absolute Gasteiger partial charge is 0.430 e. The van der Waals surface area contributed by atoms with Crippen LogP contribution in [0, 0.1) is 6.92 Å². The van der Waals surface area contributed by atoms with Gasteiger partial charge in [-0.25, -0.2) is 0 Å². The summed E-state index contributed by atoms with van der Waals surface area (Å²) in [5.41, 5.74) is -2.41. The van der Waals surface area contributed by atoms with Crippen molar-refractivity contribution in [1.82, 2.24) is 14.8 Å². The van der Waals surface area contributed by atoms with Gasteiger partial charge in [-0.15, -0.1) is 0 Å². The summed E-state index contributed by atoms with van der Waals surface area (Å²) in [6.07, 6.45) is -8.41. The Hall–Kier alpha value is -3.48. The van der Waals surface area contributed by atoms with Gasteiger partial charge in [0.15, 0.2) is 0 Å². The molecule has 1 fully saturated rings. The molecule has 0 aliphatic carbocycles. The molecule has 0 radical (unpaired) electrons. The van der Waals surface area contributed by atoms with Crippen molar-refractivity contribution in [1.29, 1.82) is 0 Å². The van der Waals surface area contributed by atoms with Gasteiger partial charge in [0.25, 0.3) is 5.60 Å². The summed E-state index contributed by atoms with van der Waals surface area (Å²) in [6.45, 7) is 8.81. The lowest BCUT2D eigenvalue weighted by Gasteiger charge is -2.41. The van der Waals surface area contributed by atoms with E-state index in [0.29, 0.717) is 42.9 Å². The number of carbonyl (C=O) groups is 1. The number of hydrogen-bond donors (Lipinski definition) is 1. The first kappa shape index (κ1) is 33.4. The van der Waals surface area contributed by atoms with E-state index >= 15 is 0 Å². The zero-order valence-corrected chi connectivity index (χ0v) is 24.6. The van der Waals surface area contributed by atoms with Crippen LogP contribution in [0.25, 0.3) is 11.1 Å². The molecule has 3 aromatic rings. The molecular weight excluding hydrogens is 588 g/mol. The van der Waals surface area contributed by atoms with Crippen LogP contribution in [0.4, 0.5) is 26.3 Å². The molecule has 1 aliphatic heterocycles. The number of halogens is 6. The Morgan fingerprint density at radius 2 is 1.57 bits per heavy atom. The number of carbonyl (C=O) groups excluding carboxylic acids is 1. The average molecular weight is 624 g/mol. The Kier molecular flexibility index (Phi) is 10.1. The standard InChI is InChI=1S/C32H35F6N3O3/c1-21(2)44-29(42)17-27-20-40(18-23-10-12-39-13-11-23)14-15-41(27)19-24-4-9-28(22(3)16-24)25-5-7-26(8-6-25)30(43,31(33,34)35)32(36,37)38/h4-13,16,21,27,43H,14-15,17-20H2,1-3H3/t27-/m1/s1. The zero-order valence-electron chi connectivity index (χ0n) is 24.6. The number of benzene rings is 2. The van der Waals surface area contributed by atoms with Crippen molar-refractivity contribution in [3.63, 3.8) is 0 Å². The third kappa shape index (κ3) is 7.59. The number of aromatic nitrogens is 1. The monoisotopic (exact) mass is 623 g/mol. The fraction of sp³-hybridized carbons (Fsp3) is 0.438. The molecule has 2 aromatic carbocycles. The molecular formula is C32H35F6N3O3. The quantitative estimate of drug-likeness (QED) is 0.220. The number of rotatable bonds is 9. The highest BCUT2D eigenvalue weighted by molar-refractivity contribution is 5.70. The van der Waals surface area contributed by atoms with Gasteiger partial charge in [0.2, 0.25) is 0 Å². The fourth-order valence-electron chi connectivity index (χ4n) is 5.51. The maximum atomic E-state index is 13.3. The second kappa shape index (κ2) is 13.3. The lowest BCUT2D eigenvalue weighted by atomic mass is 9.90. The summed E-state index contributed by atoms with van der Waals surface area (Å²) in [5, 5.41) is 9.68. The second-order valence-electron chi connectivity index (χ2n) is 11.4. The van der Waals surface area contributed by atoms with Crippen molar-refractivity contribution in [2.24, 2.45) is 0 Å². The third-order valence-electron chi connectivity index (χ3n) is 7.72.